The van der Waals surface area contributed by atoms with Crippen molar-refractivity contribution >= 4 is 15.8 Å². The smallest absolute Gasteiger partial charge is 0.241 e. The van der Waals surface area contributed by atoms with Crippen LogP contribution in [0.25, 0.3) is 0 Å². The maximum atomic E-state index is 12.1. The SMILES string of the molecule is C[C@H](NS(=O)(=O)c1ccccc1)C(=O)c1ccccc1. The molecule has 0 aliphatic rings. The van der Waals surface area contributed by atoms with Gasteiger partial charge in [-0.2, -0.15) is 0 Å². The Morgan fingerprint density at radius 1 is 0.950 bits per heavy atom. The number of hydrogen-bond acceptors (Lipinski definition) is 3. The molecule has 4 nitrogen and oxygen atoms in total. The van der Waals surface area contributed by atoms with Crippen LogP contribution in [0.4, 0.5) is 0 Å². The summed E-state index contributed by atoms with van der Waals surface area (Å²) in [6, 6.07) is 15.8. The number of hydrogen-bond donors (Lipinski definition) is 1. The molecular weight excluding hydrogens is 274 g/mol. The van der Waals surface area contributed by atoms with Crippen LogP contribution in [0.3, 0.4) is 0 Å². The van der Waals surface area contributed by atoms with E-state index in [1.54, 1.807) is 48.5 Å². The van der Waals surface area contributed by atoms with Gasteiger partial charge >= 0.3 is 0 Å². The molecule has 0 aromatic heterocycles. The minimum Gasteiger partial charge on any atom is -0.292 e. The van der Waals surface area contributed by atoms with Gasteiger partial charge in [0.1, 0.15) is 0 Å². The number of sulfonamides is 1. The summed E-state index contributed by atoms with van der Waals surface area (Å²) in [5, 5.41) is 0. The summed E-state index contributed by atoms with van der Waals surface area (Å²) in [5.41, 5.74) is 0.482. The van der Waals surface area contributed by atoms with Crippen molar-refractivity contribution in [3.63, 3.8) is 0 Å². The summed E-state index contributed by atoms with van der Waals surface area (Å²) in [5.74, 6) is -0.259. The molecule has 0 amide bonds. The Labute approximate surface area is 118 Å². The summed E-state index contributed by atoms with van der Waals surface area (Å²) in [7, 11) is -3.68. The van der Waals surface area contributed by atoms with Gasteiger partial charge in [0.05, 0.1) is 10.9 Å². The number of rotatable bonds is 5. The van der Waals surface area contributed by atoms with Crippen molar-refractivity contribution in [1.29, 1.82) is 0 Å². The molecular formula is C15H15NO3S. The predicted octanol–water partition coefficient (Wildman–Crippen LogP) is 2.24. The highest BCUT2D eigenvalue weighted by atomic mass is 32.2. The molecule has 2 rings (SSSR count). The maximum Gasteiger partial charge on any atom is 0.241 e. The van der Waals surface area contributed by atoms with Gasteiger partial charge < -0.3 is 0 Å². The largest absolute Gasteiger partial charge is 0.292 e. The Hall–Kier alpha value is -1.98. The van der Waals surface area contributed by atoms with Crippen LogP contribution >= 0.6 is 0 Å². The lowest BCUT2D eigenvalue weighted by molar-refractivity contribution is 0.0961. The molecule has 1 N–H and O–H groups in total. The summed E-state index contributed by atoms with van der Waals surface area (Å²) in [4.78, 5) is 12.3. The number of nitrogens with one attached hydrogen (secondary N) is 1. The van der Waals surface area contributed by atoms with E-state index in [2.05, 4.69) is 4.72 Å². The first-order chi connectivity index (χ1) is 9.50. The van der Waals surface area contributed by atoms with E-state index < -0.39 is 16.1 Å². The van der Waals surface area contributed by atoms with Gasteiger partial charge in [0.15, 0.2) is 5.78 Å². The van der Waals surface area contributed by atoms with Gasteiger partial charge in [-0.3, -0.25) is 4.79 Å². The second-order valence-electron chi connectivity index (χ2n) is 4.39. The predicted molar refractivity (Wildman–Crippen MR) is 77.0 cm³/mol. The van der Waals surface area contributed by atoms with Crippen molar-refractivity contribution in [2.45, 2.75) is 17.9 Å². The standard InChI is InChI=1S/C15H15NO3S/c1-12(15(17)13-8-4-2-5-9-13)16-20(18,19)14-10-6-3-7-11-14/h2-12,16H,1H3/t12-/m0/s1. The number of Topliss-reactive ketones (excluding diaryl/α,β-unsaturated/α-hetero) is 1. The molecule has 0 spiro atoms. The summed E-state index contributed by atoms with van der Waals surface area (Å²) in [6.07, 6.45) is 0. The topological polar surface area (TPSA) is 63.2 Å². The molecule has 2 aromatic carbocycles. The monoisotopic (exact) mass is 289 g/mol. The third kappa shape index (κ3) is 3.31. The van der Waals surface area contributed by atoms with E-state index in [4.69, 9.17) is 0 Å². The Balaban J connectivity index is 2.16. The van der Waals surface area contributed by atoms with Crippen LogP contribution in [0.2, 0.25) is 0 Å². The minimum atomic E-state index is -3.68. The zero-order valence-corrected chi connectivity index (χ0v) is 11.8. The Bertz CT molecular complexity index is 682. The van der Waals surface area contributed by atoms with Gasteiger partial charge in [0, 0.05) is 5.56 Å². The third-order valence-corrected chi connectivity index (χ3v) is 4.39. The van der Waals surface area contributed by atoms with E-state index in [1.807, 2.05) is 0 Å². The van der Waals surface area contributed by atoms with Crippen LogP contribution in [0.15, 0.2) is 65.6 Å². The van der Waals surface area contributed by atoms with E-state index in [0.29, 0.717) is 5.56 Å². The molecule has 0 saturated heterocycles. The van der Waals surface area contributed by atoms with Crippen molar-refractivity contribution in [2.75, 3.05) is 0 Å². The fraction of sp³-hybridized carbons (Fsp3) is 0.133. The normalized spacial score (nSPS) is 12.8. The molecule has 1 atom stereocenters. The highest BCUT2D eigenvalue weighted by Gasteiger charge is 2.22. The molecule has 0 heterocycles. The fourth-order valence-electron chi connectivity index (χ4n) is 1.81. The molecule has 0 unspecified atom stereocenters. The highest BCUT2D eigenvalue weighted by molar-refractivity contribution is 7.89. The zero-order chi connectivity index (χ0) is 14.6. The van der Waals surface area contributed by atoms with E-state index in [9.17, 15) is 13.2 Å². The Morgan fingerprint density at radius 2 is 1.45 bits per heavy atom. The molecule has 5 heteroatoms. The van der Waals surface area contributed by atoms with E-state index in [-0.39, 0.29) is 10.7 Å². The first-order valence-electron chi connectivity index (χ1n) is 6.17. The molecule has 0 fully saturated rings. The van der Waals surface area contributed by atoms with Gasteiger partial charge in [0.25, 0.3) is 0 Å². The number of ketones is 1. The van der Waals surface area contributed by atoms with Crippen LogP contribution in [0, 0.1) is 0 Å². The number of benzene rings is 2. The third-order valence-electron chi connectivity index (χ3n) is 2.84. The molecule has 0 aliphatic heterocycles. The quantitative estimate of drug-likeness (QED) is 0.859. The van der Waals surface area contributed by atoms with Gasteiger partial charge in [0.2, 0.25) is 10.0 Å². The van der Waals surface area contributed by atoms with Crippen molar-refractivity contribution in [3.05, 3.63) is 66.2 Å². The molecule has 2 aromatic rings. The van der Waals surface area contributed by atoms with Gasteiger partial charge in [-0.15, -0.1) is 0 Å². The molecule has 0 bridgehead atoms. The molecule has 0 aliphatic carbocycles. The Kier molecular flexibility index (Phi) is 4.32. The van der Waals surface area contributed by atoms with Crippen molar-refractivity contribution < 1.29 is 13.2 Å². The van der Waals surface area contributed by atoms with Crippen molar-refractivity contribution in [2.24, 2.45) is 0 Å². The molecule has 0 saturated carbocycles. The van der Waals surface area contributed by atoms with Crippen LogP contribution in [0.5, 0.6) is 0 Å². The lowest BCUT2D eigenvalue weighted by atomic mass is 10.1. The van der Waals surface area contributed by atoms with Gasteiger partial charge in [-0.1, -0.05) is 48.5 Å². The van der Waals surface area contributed by atoms with Crippen molar-refractivity contribution in [3.8, 4) is 0 Å². The summed E-state index contributed by atoms with van der Waals surface area (Å²) >= 11 is 0. The lowest BCUT2D eigenvalue weighted by Gasteiger charge is -2.13. The van der Waals surface area contributed by atoms with E-state index in [1.165, 1.54) is 19.1 Å². The molecule has 0 radical (unpaired) electrons. The first kappa shape index (κ1) is 14.4. The zero-order valence-electron chi connectivity index (χ0n) is 11.0. The number of carbonyl (C=O) groups excluding carboxylic acids is 1. The molecule has 104 valence electrons. The molecule has 20 heavy (non-hydrogen) atoms. The van der Waals surface area contributed by atoms with E-state index >= 15 is 0 Å². The summed E-state index contributed by atoms with van der Waals surface area (Å²) in [6.45, 7) is 1.54. The first-order valence-corrected chi connectivity index (χ1v) is 7.65. The van der Waals surface area contributed by atoms with Crippen LogP contribution < -0.4 is 4.72 Å². The Morgan fingerprint density at radius 3 is 2.00 bits per heavy atom. The van der Waals surface area contributed by atoms with Crippen LogP contribution in [-0.2, 0) is 10.0 Å². The lowest BCUT2D eigenvalue weighted by Crippen LogP contribution is -2.38. The second kappa shape index (κ2) is 5.98. The van der Waals surface area contributed by atoms with Gasteiger partial charge in [-0.25, -0.2) is 13.1 Å². The number of carbonyl (C=O) groups is 1. The average molecular weight is 289 g/mol. The average Bonchev–Trinajstić information content (AvgIpc) is 2.48. The van der Waals surface area contributed by atoms with Crippen molar-refractivity contribution in [1.82, 2.24) is 4.72 Å². The fourth-order valence-corrected chi connectivity index (χ4v) is 3.03. The van der Waals surface area contributed by atoms with Crippen LogP contribution in [0.1, 0.15) is 17.3 Å². The second-order valence-corrected chi connectivity index (χ2v) is 6.10. The van der Waals surface area contributed by atoms with Crippen LogP contribution in [-0.4, -0.2) is 20.2 Å². The van der Waals surface area contributed by atoms with Gasteiger partial charge in [-0.05, 0) is 19.1 Å². The summed E-state index contributed by atoms with van der Waals surface area (Å²) < 4.78 is 26.6. The maximum absolute atomic E-state index is 12.1. The highest BCUT2D eigenvalue weighted by Crippen LogP contribution is 2.10. The van der Waals surface area contributed by atoms with E-state index in [0.717, 1.165) is 0 Å². The minimum absolute atomic E-state index is 0.146.